The topological polar surface area (TPSA) is 175 Å². The second kappa shape index (κ2) is 59.9. The van der Waals surface area contributed by atoms with Gasteiger partial charge in [0, 0.05) is 6.42 Å². The van der Waals surface area contributed by atoms with Gasteiger partial charge >= 0.3 is 5.97 Å². The average molecular weight is 1170 g/mol. The summed E-state index contributed by atoms with van der Waals surface area (Å²) in [6.07, 6.45) is 64.3. The predicted molar refractivity (Wildman–Crippen MR) is 347 cm³/mol. The number of rotatable bonds is 61. The fourth-order valence-corrected chi connectivity index (χ4v) is 11.1. The molecule has 1 saturated heterocycles. The highest BCUT2D eigenvalue weighted by molar-refractivity contribution is 5.80. The third kappa shape index (κ3) is 47.4. The number of unbranched alkanes of at least 4 members (excludes halogenated alkanes) is 41. The van der Waals surface area contributed by atoms with Crippen molar-refractivity contribution >= 4 is 11.9 Å². The molecule has 11 nitrogen and oxygen atoms in total. The van der Waals surface area contributed by atoms with Crippen LogP contribution in [-0.2, 0) is 23.8 Å². The summed E-state index contributed by atoms with van der Waals surface area (Å²) in [7, 11) is 0. The molecule has 486 valence electrons. The number of ether oxygens (including phenoxy) is 3. The van der Waals surface area contributed by atoms with E-state index in [0.29, 0.717) is 12.8 Å². The molecule has 0 spiro atoms. The Hall–Kier alpha value is -2.38. The number of aliphatic hydroxyl groups is 5. The number of carbonyl (C=O) groups is 2. The van der Waals surface area contributed by atoms with E-state index in [9.17, 15) is 35.1 Å². The number of nitrogens with one attached hydrogen (secondary N) is 1. The summed E-state index contributed by atoms with van der Waals surface area (Å²) >= 11 is 0. The minimum atomic E-state index is -1.61. The SMILES string of the molecule is CCCCC/C=C\C/C=C\CCCCCCCCCCCCCCCCCC(=O)OC1C(OCC(NC(=O)C(O)CCCCCCCC/C=C/CCCCCCCC)C(O)/C=C/CCCCCCCCCCCCC)OC(CO)C(O)C1O. The van der Waals surface area contributed by atoms with Crippen LogP contribution in [0, 0.1) is 0 Å². The van der Waals surface area contributed by atoms with Crippen molar-refractivity contribution in [3.8, 4) is 0 Å². The van der Waals surface area contributed by atoms with Gasteiger partial charge in [0.15, 0.2) is 12.4 Å². The normalized spacial score (nSPS) is 18.8. The molecule has 1 fully saturated rings. The Morgan fingerprint density at radius 2 is 0.831 bits per heavy atom. The molecule has 0 bridgehead atoms. The molecule has 0 aromatic rings. The highest BCUT2D eigenvalue weighted by Gasteiger charge is 2.47. The van der Waals surface area contributed by atoms with Crippen molar-refractivity contribution in [2.75, 3.05) is 13.2 Å². The Kier molecular flexibility index (Phi) is 56.8. The van der Waals surface area contributed by atoms with Gasteiger partial charge in [-0.3, -0.25) is 9.59 Å². The molecule has 0 aliphatic carbocycles. The van der Waals surface area contributed by atoms with Gasteiger partial charge in [-0.05, 0) is 83.5 Å². The fourth-order valence-electron chi connectivity index (χ4n) is 11.1. The van der Waals surface area contributed by atoms with Gasteiger partial charge in [0.05, 0.1) is 25.4 Å². The van der Waals surface area contributed by atoms with E-state index in [1.165, 1.54) is 212 Å². The van der Waals surface area contributed by atoms with E-state index in [1.807, 2.05) is 6.08 Å². The number of allylic oxidation sites excluding steroid dienone is 7. The first-order valence-electron chi connectivity index (χ1n) is 35.4. The van der Waals surface area contributed by atoms with Crippen molar-refractivity contribution in [2.45, 2.75) is 384 Å². The van der Waals surface area contributed by atoms with Crippen molar-refractivity contribution in [1.82, 2.24) is 5.32 Å². The molecule has 1 rings (SSSR count). The predicted octanol–water partition coefficient (Wildman–Crippen LogP) is 18.0. The summed E-state index contributed by atoms with van der Waals surface area (Å²) in [6.45, 7) is 5.80. The molecule has 0 aromatic carbocycles. The van der Waals surface area contributed by atoms with Crippen LogP contribution < -0.4 is 5.32 Å². The Labute approximate surface area is 510 Å². The van der Waals surface area contributed by atoms with Crippen LogP contribution >= 0.6 is 0 Å². The maximum atomic E-state index is 13.5. The Bertz CT molecular complexity index is 1540. The number of esters is 1. The Morgan fingerprint density at radius 1 is 0.470 bits per heavy atom. The molecular weight excluding hydrogens is 1040 g/mol. The lowest BCUT2D eigenvalue weighted by Gasteiger charge is -2.41. The van der Waals surface area contributed by atoms with E-state index in [-0.39, 0.29) is 19.4 Å². The molecule has 0 aromatic heterocycles. The van der Waals surface area contributed by atoms with Crippen LogP contribution in [0.25, 0.3) is 0 Å². The minimum absolute atomic E-state index is 0.125. The summed E-state index contributed by atoms with van der Waals surface area (Å²) in [5.41, 5.74) is 0. The monoisotopic (exact) mass is 1170 g/mol. The van der Waals surface area contributed by atoms with Crippen molar-refractivity contribution in [1.29, 1.82) is 0 Å². The first-order chi connectivity index (χ1) is 40.7. The second-order valence-corrected chi connectivity index (χ2v) is 24.6. The van der Waals surface area contributed by atoms with E-state index in [1.54, 1.807) is 6.08 Å². The largest absolute Gasteiger partial charge is 0.454 e. The van der Waals surface area contributed by atoms with Gasteiger partial charge < -0.3 is 45.1 Å². The van der Waals surface area contributed by atoms with E-state index >= 15 is 0 Å². The van der Waals surface area contributed by atoms with Gasteiger partial charge in [-0.25, -0.2) is 0 Å². The zero-order valence-electron chi connectivity index (χ0n) is 54.1. The molecule has 83 heavy (non-hydrogen) atoms. The van der Waals surface area contributed by atoms with Crippen molar-refractivity contribution in [3.63, 3.8) is 0 Å². The van der Waals surface area contributed by atoms with E-state index in [0.717, 1.165) is 77.0 Å². The lowest BCUT2D eigenvalue weighted by Crippen LogP contribution is -2.61. The molecule has 0 saturated carbocycles. The highest BCUT2D eigenvalue weighted by Crippen LogP contribution is 2.26. The lowest BCUT2D eigenvalue weighted by atomic mass is 9.99. The van der Waals surface area contributed by atoms with Crippen LogP contribution in [0.1, 0.15) is 335 Å². The van der Waals surface area contributed by atoms with Gasteiger partial charge in [-0.2, -0.15) is 0 Å². The van der Waals surface area contributed by atoms with Crippen LogP contribution in [0.4, 0.5) is 0 Å². The highest BCUT2D eigenvalue weighted by atomic mass is 16.7. The van der Waals surface area contributed by atoms with Crippen LogP contribution in [0.2, 0.25) is 0 Å². The number of hydrogen-bond donors (Lipinski definition) is 6. The summed E-state index contributed by atoms with van der Waals surface area (Å²) in [5, 5.41) is 57.2. The third-order valence-electron chi connectivity index (χ3n) is 16.7. The van der Waals surface area contributed by atoms with Gasteiger partial charge in [-0.15, -0.1) is 0 Å². The van der Waals surface area contributed by atoms with Gasteiger partial charge in [0.25, 0.3) is 0 Å². The van der Waals surface area contributed by atoms with Gasteiger partial charge in [0.2, 0.25) is 5.91 Å². The molecular formula is C72H133NO10. The molecule has 1 aliphatic heterocycles. The van der Waals surface area contributed by atoms with Crippen molar-refractivity contribution < 1.29 is 49.3 Å². The number of amides is 1. The first-order valence-corrected chi connectivity index (χ1v) is 35.4. The van der Waals surface area contributed by atoms with Gasteiger partial charge in [-0.1, -0.05) is 294 Å². The fraction of sp³-hybridized carbons (Fsp3) is 0.861. The molecule has 1 amide bonds. The smallest absolute Gasteiger partial charge is 0.306 e. The number of carbonyl (C=O) groups excluding carboxylic acids is 2. The average Bonchev–Trinajstić information content (AvgIpc) is 3.58. The minimum Gasteiger partial charge on any atom is -0.454 e. The van der Waals surface area contributed by atoms with Crippen LogP contribution in [0.15, 0.2) is 48.6 Å². The van der Waals surface area contributed by atoms with Crippen molar-refractivity contribution in [3.05, 3.63) is 48.6 Å². The number of hydrogen-bond acceptors (Lipinski definition) is 10. The Morgan fingerprint density at radius 3 is 1.27 bits per heavy atom. The lowest BCUT2D eigenvalue weighted by molar-refractivity contribution is -0.305. The van der Waals surface area contributed by atoms with Gasteiger partial charge in [0.1, 0.15) is 24.4 Å². The quantitative estimate of drug-likeness (QED) is 0.0195. The van der Waals surface area contributed by atoms with Crippen LogP contribution in [-0.4, -0.2) is 99.6 Å². The number of aliphatic hydroxyl groups excluding tert-OH is 5. The first kappa shape index (κ1) is 78.6. The second-order valence-electron chi connectivity index (χ2n) is 24.6. The molecule has 8 atom stereocenters. The molecule has 1 heterocycles. The maximum Gasteiger partial charge on any atom is 0.306 e. The third-order valence-corrected chi connectivity index (χ3v) is 16.7. The molecule has 6 N–H and O–H groups in total. The van der Waals surface area contributed by atoms with Crippen LogP contribution in [0.5, 0.6) is 0 Å². The van der Waals surface area contributed by atoms with E-state index in [2.05, 4.69) is 62.5 Å². The molecule has 0 radical (unpaired) electrons. The summed E-state index contributed by atoms with van der Waals surface area (Å²) in [6, 6.07) is -1.03. The van der Waals surface area contributed by atoms with Crippen LogP contribution in [0.3, 0.4) is 0 Å². The maximum absolute atomic E-state index is 13.5. The summed E-state index contributed by atoms with van der Waals surface area (Å²) in [4.78, 5) is 26.7. The summed E-state index contributed by atoms with van der Waals surface area (Å²) < 4.78 is 17.7. The van der Waals surface area contributed by atoms with E-state index < -0.39 is 67.4 Å². The zero-order chi connectivity index (χ0) is 60.3. The molecule has 11 heteroatoms. The molecule has 1 aliphatic rings. The van der Waals surface area contributed by atoms with Crippen molar-refractivity contribution in [2.24, 2.45) is 0 Å². The molecule has 8 unspecified atom stereocenters. The summed E-state index contributed by atoms with van der Waals surface area (Å²) in [5.74, 6) is -1.19. The standard InChI is InChI=1S/C72H133NO10/c1-4-7-10-13-16-19-22-25-27-29-30-31-32-33-34-35-36-37-39-42-45-48-51-54-57-60-67(77)83-70-69(79)68(78)66(61-74)82-72(70)81-62-63(64(75)58-55-52-49-46-43-40-24-21-18-15-12-9-6-3)73-71(80)65(76)59-56-53-50-47-44-41-38-28-26-23-20-17-14-11-8-5-2/h16,19,25-28,55,58,63-66,68-70,72,74-76,78-79H,4-15,17-18,20-24,29-54,56-57,59-62H2,1-3H3,(H,73,80)/b19-16-,27-25-,28-26+,58-55+. The zero-order valence-corrected chi connectivity index (χ0v) is 54.1. The Balaban J connectivity index is 2.57. The van der Waals surface area contributed by atoms with E-state index in [4.69, 9.17) is 14.2 Å².